The molecule has 10 saturated carbocycles. The number of hydrogen-bond donors (Lipinski definition) is 6. The molecule has 0 aromatic heterocycles. The number of fused-ring (bicyclic) bond motifs is 10. The fraction of sp³-hybridized carbons (Fsp3) is 0.746. The Labute approximate surface area is 500 Å². The van der Waals surface area contributed by atoms with Crippen molar-refractivity contribution < 1.29 is 44.6 Å². The summed E-state index contributed by atoms with van der Waals surface area (Å²) < 4.78 is 14.4. The molecular weight excluding hydrogens is 1070 g/mol. The highest BCUT2D eigenvalue weighted by Gasteiger charge is 2.88. The second-order valence-corrected chi connectivity index (χ2v) is 33.4. The van der Waals surface area contributed by atoms with E-state index in [0.29, 0.717) is 81.0 Å². The molecule has 15 aliphatic rings. The molecule has 3 spiro atoms. The van der Waals surface area contributed by atoms with Crippen LogP contribution in [0.3, 0.4) is 0 Å². The highest BCUT2D eigenvalue weighted by atomic mass is 33.1. The van der Waals surface area contributed by atoms with Gasteiger partial charge in [0.1, 0.15) is 23.6 Å². The van der Waals surface area contributed by atoms with E-state index in [4.69, 9.17) is 9.47 Å². The lowest BCUT2D eigenvalue weighted by molar-refractivity contribution is -0.394. The fourth-order valence-electron chi connectivity index (χ4n) is 25.4. The Morgan fingerprint density at radius 3 is 2.40 bits per heavy atom. The first-order chi connectivity index (χ1) is 40.2. The molecule has 2 aromatic carbocycles. The van der Waals surface area contributed by atoms with Gasteiger partial charge in [-0.25, -0.2) is 4.79 Å². The number of carbonyl (C=O) groups excluding carboxylic acids is 2. The van der Waals surface area contributed by atoms with Crippen LogP contribution in [0.25, 0.3) is 0 Å². The number of rotatable bonds is 4. The van der Waals surface area contributed by atoms with E-state index < -0.39 is 68.4 Å². The smallest absolute Gasteiger partial charge is 0.331 e. The fourth-order valence-corrected chi connectivity index (χ4v) is 28.1. The molecule has 12 aliphatic carbocycles. The molecule has 3 aliphatic heterocycles. The number of carbonyl (C=O) groups is 2. The maximum Gasteiger partial charge on any atom is 0.331 e. The van der Waals surface area contributed by atoms with Crippen LogP contribution in [-0.2, 0) is 32.1 Å². The van der Waals surface area contributed by atoms with Crippen LogP contribution in [0.2, 0.25) is 0 Å². The van der Waals surface area contributed by atoms with Gasteiger partial charge in [-0.05, 0) is 223 Å². The van der Waals surface area contributed by atoms with Crippen molar-refractivity contribution in [1.82, 2.24) is 5.32 Å². The Balaban J connectivity index is 0.900. The van der Waals surface area contributed by atoms with E-state index in [1.54, 1.807) is 6.08 Å². The quantitative estimate of drug-likeness (QED) is 0.0744. The Kier molecular flexibility index (Phi) is 13.3. The van der Waals surface area contributed by atoms with Gasteiger partial charge < -0.3 is 45.1 Å². The second kappa shape index (κ2) is 19.9. The number of esters is 1. The summed E-state index contributed by atoms with van der Waals surface area (Å²) in [4.78, 5) is 30.1. The SMILES string of the molecule is CN[C@@H]1Cc2c(cccc2CO)C#CC2(CCCC2)C[C@]23CC[C@H]4[C@@](O)([C@H](O)[C@H]5C[C@H]6CC[C@H]7[C@H]8O[C@H](CSSC[C@H]9CC[C@H](C9)[C@@H]6C)C[C@H]6C[C@@H]9C[C@@H](c%10ccccc%10)CC[C@@H]9[C@]68C[C@@]4(C=O)[C@]57O)[C@@]2(O)C[C@@H]2C[C@@H]1[C@H]1OC(=O)C=C1[C@@H]23. The van der Waals surface area contributed by atoms with Crippen molar-refractivity contribution in [2.45, 2.75) is 208 Å². The second-order valence-electron chi connectivity index (χ2n) is 30.9. The molecule has 83 heavy (non-hydrogen) atoms. The molecule has 10 nitrogen and oxygen atoms in total. The zero-order valence-electron chi connectivity index (χ0n) is 49.1. The van der Waals surface area contributed by atoms with Crippen LogP contribution in [0.5, 0.6) is 0 Å². The van der Waals surface area contributed by atoms with Crippen LogP contribution in [0, 0.1) is 110 Å². The predicted molar refractivity (Wildman–Crippen MR) is 321 cm³/mol. The van der Waals surface area contributed by atoms with Gasteiger partial charge in [0.15, 0.2) is 0 Å². The molecule has 0 amide bonds. The first kappa shape index (κ1) is 55.6. The number of benzene rings is 2. The number of hydrogen-bond acceptors (Lipinski definition) is 12. The molecular formula is C71H91NO9S2. The zero-order valence-corrected chi connectivity index (χ0v) is 50.7. The van der Waals surface area contributed by atoms with Crippen LogP contribution >= 0.6 is 21.6 Å². The molecule has 12 heteroatoms. The largest absolute Gasteiger partial charge is 0.454 e. The molecule has 446 valence electrons. The molecule has 0 unspecified atom stereocenters. The summed E-state index contributed by atoms with van der Waals surface area (Å²) in [6.45, 7) is 2.33. The Morgan fingerprint density at radius 1 is 0.795 bits per heavy atom. The number of nitrogens with one attached hydrogen (secondary N) is 1. The normalized spacial score (nSPS) is 51.3. The molecule has 2 aromatic rings. The lowest BCUT2D eigenvalue weighted by Gasteiger charge is -2.76. The Hall–Kier alpha value is -2.70. The van der Waals surface area contributed by atoms with Gasteiger partial charge in [0.2, 0.25) is 0 Å². The van der Waals surface area contributed by atoms with Crippen LogP contribution in [0.1, 0.15) is 170 Å². The van der Waals surface area contributed by atoms with Crippen molar-refractivity contribution in [3.63, 3.8) is 0 Å². The number of aliphatic hydroxyl groups excluding tert-OH is 2. The van der Waals surface area contributed by atoms with Crippen molar-refractivity contribution in [3.8, 4) is 11.8 Å². The molecule has 2 saturated heterocycles. The lowest BCUT2D eigenvalue weighted by atomic mass is 9.31. The van der Waals surface area contributed by atoms with Crippen LogP contribution < -0.4 is 5.32 Å². The number of aldehydes is 1. The zero-order chi connectivity index (χ0) is 56.6. The predicted octanol–water partition coefficient (Wildman–Crippen LogP) is 10.5. The molecule has 10 bridgehead atoms. The van der Waals surface area contributed by atoms with Gasteiger partial charge in [0.25, 0.3) is 0 Å². The lowest BCUT2D eigenvalue weighted by Crippen LogP contribution is -2.87. The van der Waals surface area contributed by atoms with E-state index in [1.165, 1.54) is 24.8 Å². The van der Waals surface area contributed by atoms with Gasteiger partial charge in [-0.15, -0.1) is 0 Å². The third-order valence-electron chi connectivity index (χ3n) is 28.5. The van der Waals surface area contributed by atoms with Crippen LogP contribution in [0.15, 0.2) is 60.2 Å². The van der Waals surface area contributed by atoms with Crippen molar-refractivity contribution in [1.29, 1.82) is 0 Å². The summed E-state index contributed by atoms with van der Waals surface area (Å²) in [5.41, 5.74) is -4.39. The minimum atomic E-state index is -2.21. The summed E-state index contributed by atoms with van der Waals surface area (Å²) >= 11 is 0. The van der Waals surface area contributed by atoms with E-state index in [0.717, 1.165) is 104 Å². The maximum atomic E-state index is 15.9. The number of likely N-dealkylation sites (N-methyl/N-ethyl adjacent to an activating group) is 1. The third kappa shape index (κ3) is 7.50. The van der Waals surface area contributed by atoms with E-state index in [1.807, 2.05) is 40.8 Å². The highest BCUT2D eigenvalue weighted by molar-refractivity contribution is 8.76. The average Bonchev–Trinajstić information content (AvgIpc) is 1.65. The molecule has 6 N–H and O–H groups in total. The van der Waals surface area contributed by atoms with Crippen molar-refractivity contribution in [3.05, 3.63) is 82.4 Å². The molecule has 0 radical (unpaired) electrons. The van der Waals surface area contributed by atoms with E-state index >= 15 is 20.1 Å². The third-order valence-corrected chi connectivity index (χ3v) is 31.1. The Morgan fingerprint density at radius 2 is 1.59 bits per heavy atom. The van der Waals surface area contributed by atoms with Gasteiger partial charge in [-0.1, -0.05) is 95.7 Å². The first-order valence-electron chi connectivity index (χ1n) is 33.3. The van der Waals surface area contributed by atoms with Gasteiger partial charge >= 0.3 is 5.97 Å². The molecule has 17 rings (SSSR count). The van der Waals surface area contributed by atoms with Crippen LogP contribution in [0.4, 0.5) is 0 Å². The number of aliphatic hydroxyl groups is 5. The monoisotopic (exact) mass is 1170 g/mol. The Bertz CT molecular complexity index is 3010. The van der Waals surface area contributed by atoms with E-state index in [-0.39, 0.29) is 72.8 Å². The minimum absolute atomic E-state index is 0.0154. The molecule has 25 atom stereocenters. The van der Waals surface area contributed by atoms with E-state index in [9.17, 15) is 15.0 Å². The van der Waals surface area contributed by atoms with Gasteiger partial charge in [0, 0.05) is 69.1 Å². The number of ether oxygens (including phenoxy) is 2. The topological polar surface area (TPSA) is 166 Å². The van der Waals surface area contributed by atoms with Gasteiger partial charge in [-0.3, -0.25) is 0 Å². The van der Waals surface area contributed by atoms with Crippen molar-refractivity contribution >= 4 is 33.8 Å². The standard InChI is InChI=1S/C71H91NO9S2/c1-40-44-14-13-41(25-44)35-82-83-36-51-30-50-27-48-26-46(42-9-4-3-5-10-42)16-17-55(48)68(50)38-67(39-74)59-20-24-66-37-65(21-6-7-22-65)23-19-43-11-8-12-47(34-73)52(43)31-58(72-2)53-28-49(61(66)54-32-60(75)81-62(53)54)33-69(66,77)71(59,79)63(76)57-29-45(40)15-18-56(64(68)80-51)70(57,67)78/h3-5,8-12,32,39-41,44-46,48-51,53,55-59,61-64,72-73,76-79H,6-7,13-18,20-22,24-31,33-38H2,1-2H3/t40-,41-,44+,45+,46-,48-,49-,50+,51-,53-,55-,56-,57+,58+,59+,61+,62+,63+,64+,66-,67-,68-,69+,70+,71+/m0/s1. The minimum Gasteiger partial charge on any atom is -0.454 e. The summed E-state index contributed by atoms with van der Waals surface area (Å²) in [6.07, 6.45) is 17.9. The molecule has 12 fully saturated rings. The summed E-state index contributed by atoms with van der Waals surface area (Å²) in [5, 5.41) is 75.0. The highest BCUT2D eigenvalue weighted by Crippen LogP contribution is 2.82. The summed E-state index contributed by atoms with van der Waals surface area (Å²) in [6, 6.07) is 17.0. The maximum absolute atomic E-state index is 15.9. The van der Waals surface area contributed by atoms with Crippen molar-refractivity contribution in [2.24, 2.45) is 98.6 Å². The summed E-state index contributed by atoms with van der Waals surface area (Å²) in [5.74, 6) is 9.38. The van der Waals surface area contributed by atoms with Gasteiger partial charge in [0.05, 0.1) is 35.9 Å². The molecule has 3 heterocycles. The van der Waals surface area contributed by atoms with Gasteiger partial charge in [-0.2, -0.15) is 0 Å². The van der Waals surface area contributed by atoms with E-state index in [2.05, 4.69) is 60.5 Å². The van der Waals surface area contributed by atoms with Crippen LogP contribution in [-0.4, -0.2) is 104 Å². The average molecular weight is 1170 g/mol. The first-order valence-corrected chi connectivity index (χ1v) is 35.8. The summed E-state index contributed by atoms with van der Waals surface area (Å²) in [7, 11) is 6.00. The van der Waals surface area contributed by atoms with Crippen molar-refractivity contribution in [2.75, 3.05) is 18.6 Å².